The molecule has 0 aromatic heterocycles. The summed E-state index contributed by atoms with van der Waals surface area (Å²) in [5.41, 5.74) is -0.492. The van der Waals surface area contributed by atoms with E-state index in [4.69, 9.17) is 4.74 Å². The summed E-state index contributed by atoms with van der Waals surface area (Å²) in [6.07, 6.45) is 2.32. The van der Waals surface area contributed by atoms with E-state index in [9.17, 15) is 9.90 Å². The fraction of sp³-hybridized carbons (Fsp3) is 0.917. The highest BCUT2D eigenvalue weighted by Crippen LogP contribution is 2.41. The average molecular weight is 227 g/mol. The fourth-order valence-corrected chi connectivity index (χ4v) is 2.78. The number of nitrogens with zero attached hydrogens (tertiary/aromatic N) is 1. The second kappa shape index (κ2) is 3.91. The molecule has 1 aliphatic carbocycles. The Morgan fingerprint density at radius 2 is 2.06 bits per heavy atom. The maximum absolute atomic E-state index is 11.8. The van der Waals surface area contributed by atoms with Gasteiger partial charge in [0.15, 0.2) is 0 Å². The minimum Gasteiger partial charge on any atom is -0.444 e. The van der Waals surface area contributed by atoms with E-state index in [2.05, 4.69) is 0 Å². The van der Waals surface area contributed by atoms with E-state index in [-0.39, 0.29) is 12.0 Å². The van der Waals surface area contributed by atoms with Crippen LogP contribution in [0.1, 0.15) is 40.0 Å². The van der Waals surface area contributed by atoms with Crippen LogP contribution in [0.15, 0.2) is 0 Å². The van der Waals surface area contributed by atoms with Crippen LogP contribution in [-0.2, 0) is 4.74 Å². The number of carbonyl (C=O) groups is 1. The van der Waals surface area contributed by atoms with Crippen LogP contribution >= 0.6 is 0 Å². The monoisotopic (exact) mass is 227 g/mol. The van der Waals surface area contributed by atoms with Crippen LogP contribution in [0, 0.1) is 11.8 Å². The molecule has 1 saturated carbocycles. The van der Waals surface area contributed by atoms with Crippen molar-refractivity contribution in [3.8, 4) is 0 Å². The molecule has 0 radical (unpaired) electrons. The Bertz CT molecular complexity index is 284. The van der Waals surface area contributed by atoms with Crippen LogP contribution in [0.4, 0.5) is 4.79 Å². The molecule has 2 aliphatic rings. The van der Waals surface area contributed by atoms with Crippen molar-refractivity contribution in [1.29, 1.82) is 0 Å². The van der Waals surface area contributed by atoms with E-state index < -0.39 is 11.8 Å². The van der Waals surface area contributed by atoms with Gasteiger partial charge < -0.3 is 9.84 Å². The largest absolute Gasteiger partial charge is 0.444 e. The van der Waals surface area contributed by atoms with Gasteiger partial charge in [0, 0.05) is 12.5 Å². The maximum atomic E-state index is 11.8. The average Bonchev–Trinajstić information content (AvgIpc) is 2.66. The first-order valence-corrected chi connectivity index (χ1v) is 6.06. The SMILES string of the molecule is CC(C)(C)OC(=O)N1C[C@@H]2CCC[C@@H]2C1O. The Kier molecular flexibility index (Phi) is 2.86. The molecule has 0 bridgehead atoms. The second-order valence-corrected chi connectivity index (χ2v) is 5.90. The third-order valence-corrected chi connectivity index (χ3v) is 3.48. The molecular formula is C12H21NO3. The van der Waals surface area contributed by atoms with Gasteiger partial charge in [-0.2, -0.15) is 0 Å². The van der Waals surface area contributed by atoms with Gasteiger partial charge in [-0.25, -0.2) is 4.79 Å². The van der Waals surface area contributed by atoms with Crippen LogP contribution in [0.25, 0.3) is 0 Å². The number of carbonyl (C=O) groups excluding carboxylic acids is 1. The molecule has 1 amide bonds. The first kappa shape index (κ1) is 11.7. The molecule has 2 rings (SSSR count). The molecule has 3 atom stereocenters. The van der Waals surface area contributed by atoms with Crippen molar-refractivity contribution in [2.75, 3.05) is 6.54 Å². The third kappa shape index (κ3) is 2.17. The fourth-order valence-electron chi connectivity index (χ4n) is 2.78. The Morgan fingerprint density at radius 1 is 1.38 bits per heavy atom. The molecule has 1 heterocycles. The third-order valence-electron chi connectivity index (χ3n) is 3.48. The van der Waals surface area contributed by atoms with Crippen LogP contribution in [0.3, 0.4) is 0 Å². The lowest BCUT2D eigenvalue weighted by molar-refractivity contribution is -0.0258. The number of aliphatic hydroxyl groups is 1. The van der Waals surface area contributed by atoms with Crippen molar-refractivity contribution in [3.05, 3.63) is 0 Å². The van der Waals surface area contributed by atoms with E-state index in [0.717, 1.165) is 12.8 Å². The topological polar surface area (TPSA) is 49.8 Å². The zero-order valence-electron chi connectivity index (χ0n) is 10.3. The minimum absolute atomic E-state index is 0.271. The van der Waals surface area contributed by atoms with E-state index in [0.29, 0.717) is 12.5 Å². The van der Waals surface area contributed by atoms with Crippen molar-refractivity contribution >= 4 is 6.09 Å². The molecule has 4 heteroatoms. The highest BCUT2D eigenvalue weighted by atomic mass is 16.6. The number of likely N-dealkylation sites (tertiary alicyclic amines) is 1. The van der Waals surface area contributed by atoms with Crippen molar-refractivity contribution < 1.29 is 14.6 Å². The normalized spacial score (nSPS) is 34.0. The van der Waals surface area contributed by atoms with Gasteiger partial charge in [-0.05, 0) is 39.5 Å². The highest BCUT2D eigenvalue weighted by Gasteiger charge is 2.46. The van der Waals surface area contributed by atoms with Gasteiger partial charge >= 0.3 is 6.09 Å². The summed E-state index contributed by atoms with van der Waals surface area (Å²) in [5, 5.41) is 10.1. The molecule has 1 N–H and O–H groups in total. The maximum Gasteiger partial charge on any atom is 0.412 e. The zero-order valence-corrected chi connectivity index (χ0v) is 10.3. The number of ether oxygens (including phenoxy) is 1. The lowest BCUT2D eigenvalue weighted by Crippen LogP contribution is -2.41. The summed E-state index contributed by atoms with van der Waals surface area (Å²) in [6, 6.07) is 0. The summed E-state index contributed by atoms with van der Waals surface area (Å²) in [7, 11) is 0. The molecule has 16 heavy (non-hydrogen) atoms. The van der Waals surface area contributed by atoms with Gasteiger partial charge in [0.25, 0.3) is 0 Å². The predicted molar refractivity (Wildman–Crippen MR) is 59.8 cm³/mol. The molecule has 92 valence electrons. The first-order valence-electron chi connectivity index (χ1n) is 6.06. The van der Waals surface area contributed by atoms with Crippen LogP contribution in [0.2, 0.25) is 0 Å². The quantitative estimate of drug-likeness (QED) is 0.688. The summed E-state index contributed by atoms with van der Waals surface area (Å²) in [6.45, 7) is 6.18. The van der Waals surface area contributed by atoms with Gasteiger partial charge in [0.05, 0.1) is 0 Å². The van der Waals surface area contributed by atoms with E-state index in [1.165, 1.54) is 11.3 Å². The number of aliphatic hydroxyl groups excluding tert-OH is 1. The molecular weight excluding hydrogens is 206 g/mol. The van der Waals surface area contributed by atoms with Gasteiger partial charge in [-0.1, -0.05) is 6.42 Å². The van der Waals surface area contributed by atoms with Crippen LogP contribution in [-0.4, -0.2) is 34.5 Å². The summed E-state index contributed by atoms with van der Waals surface area (Å²) >= 11 is 0. The van der Waals surface area contributed by atoms with E-state index >= 15 is 0 Å². The Hall–Kier alpha value is -0.770. The molecule has 0 aromatic carbocycles. The molecule has 1 aliphatic heterocycles. The number of hydrogen-bond acceptors (Lipinski definition) is 3. The molecule has 1 saturated heterocycles. The molecule has 4 nitrogen and oxygen atoms in total. The Morgan fingerprint density at radius 3 is 2.62 bits per heavy atom. The van der Waals surface area contributed by atoms with Crippen molar-refractivity contribution in [3.63, 3.8) is 0 Å². The summed E-state index contributed by atoms with van der Waals surface area (Å²) < 4.78 is 5.28. The van der Waals surface area contributed by atoms with Crippen molar-refractivity contribution in [1.82, 2.24) is 4.90 Å². The van der Waals surface area contributed by atoms with Crippen molar-refractivity contribution in [2.45, 2.75) is 51.9 Å². The summed E-state index contributed by atoms with van der Waals surface area (Å²) in [4.78, 5) is 13.3. The summed E-state index contributed by atoms with van der Waals surface area (Å²) in [5.74, 6) is 0.745. The predicted octanol–water partition coefficient (Wildman–Crippen LogP) is 1.97. The zero-order chi connectivity index (χ0) is 11.9. The molecule has 1 unspecified atom stereocenters. The van der Waals surface area contributed by atoms with Gasteiger partial charge in [-0.15, -0.1) is 0 Å². The van der Waals surface area contributed by atoms with Gasteiger partial charge in [0.2, 0.25) is 0 Å². The number of amides is 1. The second-order valence-electron chi connectivity index (χ2n) is 5.90. The molecule has 0 aromatic rings. The molecule has 0 spiro atoms. The number of fused-ring (bicyclic) bond motifs is 1. The smallest absolute Gasteiger partial charge is 0.412 e. The Labute approximate surface area is 96.6 Å². The van der Waals surface area contributed by atoms with Crippen LogP contribution in [0.5, 0.6) is 0 Å². The number of rotatable bonds is 0. The first-order chi connectivity index (χ1) is 7.38. The minimum atomic E-state index is -0.637. The van der Waals surface area contributed by atoms with E-state index in [1.807, 2.05) is 20.8 Å². The lowest BCUT2D eigenvalue weighted by Gasteiger charge is -2.27. The molecule has 2 fully saturated rings. The standard InChI is InChI=1S/C12H21NO3/c1-12(2,3)16-11(15)13-7-8-5-4-6-9(8)10(13)14/h8-10,14H,4-7H2,1-3H3/t8-,9-,10?/m0/s1. The van der Waals surface area contributed by atoms with Crippen molar-refractivity contribution in [2.24, 2.45) is 11.8 Å². The lowest BCUT2D eigenvalue weighted by atomic mass is 10.00. The van der Waals surface area contributed by atoms with Crippen LogP contribution < -0.4 is 0 Å². The Balaban J connectivity index is 1.99. The number of hydrogen-bond donors (Lipinski definition) is 1. The van der Waals surface area contributed by atoms with E-state index in [1.54, 1.807) is 0 Å². The van der Waals surface area contributed by atoms with Gasteiger partial charge in [0.1, 0.15) is 11.8 Å². The highest BCUT2D eigenvalue weighted by molar-refractivity contribution is 5.68. The van der Waals surface area contributed by atoms with Gasteiger partial charge in [-0.3, -0.25) is 4.90 Å².